The first-order valence-electron chi connectivity index (χ1n) is 8.12. The van der Waals surface area contributed by atoms with Crippen LogP contribution in [0.4, 0.5) is 0 Å². The maximum atomic E-state index is 12.4. The molecule has 124 valence electrons. The minimum absolute atomic E-state index is 0.120. The van der Waals surface area contributed by atoms with Crippen LogP contribution in [0.2, 0.25) is 0 Å². The SMILES string of the molecule is CCn1c(C)cc(/C=C(/C#N)C(=O)N[C@@H](C)c2ccccc2)c1C. The highest BCUT2D eigenvalue weighted by Crippen LogP contribution is 2.19. The average molecular weight is 321 g/mol. The number of carbonyl (C=O) groups is 1. The Hall–Kier alpha value is -2.80. The van der Waals surface area contributed by atoms with Crippen molar-refractivity contribution in [1.29, 1.82) is 5.26 Å². The first-order valence-corrected chi connectivity index (χ1v) is 8.12. The number of benzene rings is 1. The third-order valence-corrected chi connectivity index (χ3v) is 4.24. The summed E-state index contributed by atoms with van der Waals surface area (Å²) in [5.74, 6) is -0.352. The van der Waals surface area contributed by atoms with Crippen LogP contribution in [-0.4, -0.2) is 10.5 Å². The molecule has 1 atom stereocenters. The van der Waals surface area contributed by atoms with Crippen LogP contribution < -0.4 is 5.32 Å². The molecule has 0 aliphatic carbocycles. The van der Waals surface area contributed by atoms with Crippen LogP contribution in [0, 0.1) is 25.2 Å². The van der Waals surface area contributed by atoms with Crippen molar-refractivity contribution in [2.24, 2.45) is 0 Å². The van der Waals surface area contributed by atoms with Gasteiger partial charge in [-0.15, -0.1) is 0 Å². The van der Waals surface area contributed by atoms with Crippen molar-refractivity contribution in [3.63, 3.8) is 0 Å². The Kier molecular flexibility index (Phi) is 5.59. The highest BCUT2D eigenvalue weighted by atomic mass is 16.1. The zero-order chi connectivity index (χ0) is 17.7. The van der Waals surface area contributed by atoms with Crippen molar-refractivity contribution in [1.82, 2.24) is 9.88 Å². The average Bonchev–Trinajstić information content (AvgIpc) is 2.86. The van der Waals surface area contributed by atoms with Crippen LogP contribution in [0.25, 0.3) is 6.08 Å². The van der Waals surface area contributed by atoms with E-state index >= 15 is 0 Å². The second-order valence-electron chi connectivity index (χ2n) is 5.85. The lowest BCUT2D eigenvalue weighted by molar-refractivity contribution is -0.117. The fraction of sp³-hybridized carbons (Fsp3) is 0.300. The van der Waals surface area contributed by atoms with Crippen molar-refractivity contribution >= 4 is 12.0 Å². The van der Waals surface area contributed by atoms with E-state index in [0.717, 1.165) is 29.1 Å². The topological polar surface area (TPSA) is 57.8 Å². The van der Waals surface area contributed by atoms with Crippen molar-refractivity contribution < 1.29 is 4.79 Å². The first kappa shape index (κ1) is 17.6. The van der Waals surface area contributed by atoms with Gasteiger partial charge in [-0.2, -0.15) is 5.26 Å². The minimum atomic E-state index is -0.352. The molecule has 4 nitrogen and oxygen atoms in total. The zero-order valence-electron chi connectivity index (χ0n) is 14.6. The molecule has 0 fully saturated rings. The zero-order valence-corrected chi connectivity index (χ0v) is 14.6. The van der Waals surface area contributed by atoms with Gasteiger partial charge in [0.05, 0.1) is 6.04 Å². The second-order valence-corrected chi connectivity index (χ2v) is 5.85. The van der Waals surface area contributed by atoms with Crippen molar-refractivity contribution in [2.75, 3.05) is 0 Å². The maximum Gasteiger partial charge on any atom is 0.262 e. The summed E-state index contributed by atoms with van der Waals surface area (Å²) in [4.78, 5) is 12.4. The van der Waals surface area contributed by atoms with E-state index in [1.54, 1.807) is 6.08 Å². The van der Waals surface area contributed by atoms with E-state index < -0.39 is 0 Å². The molecule has 0 bridgehead atoms. The number of nitriles is 1. The lowest BCUT2D eigenvalue weighted by Crippen LogP contribution is -2.27. The van der Waals surface area contributed by atoms with E-state index in [2.05, 4.69) is 16.8 Å². The molecule has 1 amide bonds. The van der Waals surface area contributed by atoms with Crippen LogP contribution in [0.3, 0.4) is 0 Å². The van der Waals surface area contributed by atoms with Crippen molar-refractivity contribution in [3.05, 3.63) is 64.5 Å². The van der Waals surface area contributed by atoms with E-state index in [-0.39, 0.29) is 17.5 Å². The Bertz CT molecular complexity index is 794. The molecule has 24 heavy (non-hydrogen) atoms. The Morgan fingerprint density at radius 3 is 2.54 bits per heavy atom. The van der Waals surface area contributed by atoms with Gasteiger partial charge in [-0.1, -0.05) is 30.3 Å². The third-order valence-electron chi connectivity index (χ3n) is 4.24. The summed E-state index contributed by atoms with van der Waals surface area (Å²) in [6.45, 7) is 8.88. The van der Waals surface area contributed by atoms with Gasteiger partial charge in [0.2, 0.25) is 0 Å². The second kappa shape index (κ2) is 7.65. The summed E-state index contributed by atoms with van der Waals surface area (Å²) < 4.78 is 2.16. The molecule has 0 unspecified atom stereocenters. The molecule has 1 heterocycles. The monoisotopic (exact) mass is 321 g/mol. The van der Waals surface area contributed by atoms with Crippen LogP contribution in [-0.2, 0) is 11.3 Å². The van der Waals surface area contributed by atoms with Crippen molar-refractivity contribution in [2.45, 2.75) is 40.3 Å². The van der Waals surface area contributed by atoms with Gasteiger partial charge in [0, 0.05) is 17.9 Å². The molecule has 1 N–H and O–H groups in total. The number of carbonyl (C=O) groups excluding carboxylic acids is 1. The number of hydrogen-bond acceptors (Lipinski definition) is 2. The lowest BCUT2D eigenvalue weighted by atomic mass is 10.1. The number of aryl methyl sites for hydroxylation is 1. The molecule has 1 aromatic carbocycles. The molecule has 1 aromatic heterocycles. The molecule has 2 aromatic rings. The predicted octanol–water partition coefficient (Wildman–Crippen LogP) is 3.91. The van der Waals surface area contributed by atoms with Crippen LogP contribution in [0.1, 0.15) is 42.4 Å². The molecule has 0 radical (unpaired) electrons. The molecule has 4 heteroatoms. The van der Waals surface area contributed by atoms with E-state index in [4.69, 9.17) is 0 Å². The fourth-order valence-electron chi connectivity index (χ4n) is 2.86. The Morgan fingerprint density at radius 2 is 2.00 bits per heavy atom. The van der Waals surface area contributed by atoms with Gasteiger partial charge in [-0.25, -0.2) is 0 Å². The van der Waals surface area contributed by atoms with Gasteiger partial charge in [0.15, 0.2) is 0 Å². The van der Waals surface area contributed by atoms with Gasteiger partial charge < -0.3 is 9.88 Å². The minimum Gasteiger partial charge on any atom is -0.349 e. The first-order chi connectivity index (χ1) is 11.5. The van der Waals surface area contributed by atoms with Crippen LogP contribution in [0.5, 0.6) is 0 Å². The fourth-order valence-corrected chi connectivity index (χ4v) is 2.86. The number of hydrogen-bond donors (Lipinski definition) is 1. The molecular weight excluding hydrogens is 298 g/mol. The summed E-state index contributed by atoms with van der Waals surface area (Å²) in [5.41, 5.74) is 4.22. The normalized spacial score (nSPS) is 12.5. The molecule has 0 aliphatic heterocycles. The van der Waals surface area contributed by atoms with Crippen LogP contribution >= 0.6 is 0 Å². The van der Waals surface area contributed by atoms with Gasteiger partial charge in [-0.3, -0.25) is 4.79 Å². The largest absolute Gasteiger partial charge is 0.349 e. The number of nitrogens with one attached hydrogen (secondary N) is 1. The summed E-state index contributed by atoms with van der Waals surface area (Å²) in [7, 11) is 0. The third kappa shape index (κ3) is 3.75. The smallest absolute Gasteiger partial charge is 0.262 e. The summed E-state index contributed by atoms with van der Waals surface area (Å²) in [6, 6.07) is 13.6. The quantitative estimate of drug-likeness (QED) is 0.670. The van der Waals surface area contributed by atoms with E-state index in [9.17, 15) is 10.1 Å². The summed E-state index contributed by atoms with van der Waals surface area (Å²) >= 11 is 0. The molecule has 0 saturated heterocycles. The number of aromatic nitrogens is 1. The van der Waals surface area contributed by atoms with Crippen molar-refractivity contribution in [3.8, 4) is 6.07 Å². The van der Waals surface area contributed by atoms with Gasteiger partial charge in [-0.05, 0) is 51.0 Å². The Labute approximate surface area is 143 Å². The Morgan fingerprint density at radius 1 is 1.33 bits per heavy atom. The van der Waals surface area contributed by atoms with Gasteiger partial charge >= 0.3 is 0 Å². The van der Waals surface area contributed by atoms with Gasteiger partial charge in [0.1, 0.15) is 11.6 Å². The number of amides is 1. The Balaban J connectivity index is 2.22. The van der Waals surface area contributed by atoms with Crippen LogP contribution in [0.15, 0.2) is 42.0 Å². The lowest BCUT2D eigenvalue weighted by Gasteiger charge is -2.13. The standard InChI is InChI=1S/C20H23N3O/c1-5-23-14(2)11-18(16(23)4)12-19(13-21)20(24)22-15(3)17-9-7-6-8-10-17/h6-12,15H,5H2,1-4H3,(H,22,24)/b19-12-/t15-/m0/s1. The van der Waals surface area contributed by atoms with E-state index in [0.29, 0.717) is 0 Å². The van der Waals surface area contributed by atoms with E-state index in [1.165, 1.54) is 0 Å². The van der Waals surface area contributed by atoms with Gasteiger partial charge in [0.25, 0.3) is 5.91 Å². The molecule has 0 aliphatic rings. The number of nitrogens with zero attached hydrogens (tertiary/aromatic N) is 2. The maximum absolute atomic E-state index is 12.4. The molecule has 0 saturated carbocycles. The predicted molar refractivity (Wildman–Crippen MR) is 96.2 cm³/mol. The summed E-state index contributed by atoms with van der Waals surface area (Å²) in [5, 5.41) is 12.3. The highest BCUT2D eigenvalue weighted by Gasteiger charge is 2.15. The number of rotatable bonds is 5. The molecule has 2 rings (SSSR count). The molecular formula is C20H23N3O. The molecule has 0 spiro atoms. The summed E-state index contributed by atoms with van der Waals surface area (Å²) in [6.07, 6.45) is 1.67. The van der Waals surface area contributed by atoms with E-state index in [1.807, 2.05) is 63.2 Å². The highest BCUT2D eigenvalue weighted by molar-refractivity contribution is 6.02.